The zero-order valence-electron chi connectivity index (χ0n) is 34.9. The summed E-state index contributed by atoms with van der Waals surface area (Å²) < 4.78 is 39.8. The van der Waals surface area contributed by atoms with E-state index >= 15 is 8.78 Å². The molecule has 0 aliphatic carbocycles. The van der Waals surface area contributed by atoms with Gasteiger partial charge in [-0.3, -0.25) is 19.1 Å². The van der Waals surface area contributed by atoms with E-state index in [9.17, 15) is 24.3 Å². The normalized spacial score (nSPS) is 19.7. The number of piperidine rings is 2. The highest BCUT2D eigenvalue weighted by Gasteiger charge is 2.42. The lowest BCUT2D eigenvalue weighted by Gasteiger charge is -2.46. The molecule has 326 valence electrons. The molecule has 3 aliphatic heterocycles. The van der Waals surface area contributed by atoms with Crippen molar-refractivity contribution in [3.63, 3.8) is 0 Å². The summed E-state index contributed by atoms with van der Waals surface area (Å²) in [5.41, 5.74) is 1.85. The van der Waals surface area contributed by atoms with E-state index in [1.807, 2.05) is 11.9 Å². The van der Waals surface area contributed by atoms with Crippen LogP contribution in [0.5, 0.6) is 0 Å². The molecule has 0 atom stereocenters. The van der Waals surface area contributed by atoms with Crippen molar-refractivity contribution in [2.75, 3.05) is 78.4 Å². The van der Waals surface area contributed by atoms with Gasteiger partial charge in [-0.2, -0.15) is 5.10 Å². The van der Waals surface area contributed by atoms with Crippen LogP contribution in [0.3, 0.4) is 0 Å². The van der Waals surface area contributed by atoms with Gasteiger partial charge in [0.2, 0.25) is 5.91 Å². The van der Waals surface area contributed by atoms with Gasteiger partial charge >= 0.3 is 5.97 Å². The molecule has 7 rings (SSSR count). The molecular formula is C43H53ClF2N9O6+. The average Bonchev–Trinajstić information content (AvgIpc) is 3.80. The van der Waals surface area contributed by atoms with Crippen LogP contribution >= 0.6 is 11.6 Å². The fraction of sp³-hybridized carbons (Fsp3) is 0.488. The monoisotopic (exact) mass is 864 g/mol. The van der Waals surface area contributed by atoms with Crippen LogP contribution in [0.1, 0.15) is 52.4 Å². The van der Waals surface area contributed by atoms with Crippen LogP contribution in [0.15, 0.2) is 42.7 Å². The summed E-state index contributed by atoms with van der Waals surface area (Å²) in [5.74, 6) is -3.49. The van der Waals surface area contributed by atoms with Gasteiger partial charge in [0.05, 0.1) is 61.5 Å². The first-order valence-corrected chi connectivity index (χ1v) is 21.0. The number of methoxy groups -OCH3 is 1. The first kappa shape index (κ1) is 43.8. The Bertz CT molecular complexity index is 2300. The summed E-state index contributed by atoms with van der Waals surface area (Å²) in [6, 6.07) is 7.46. The number of amides is 3. The number of nitrogens with one attached hydrogen (secondary N) is 2. The van der Waals surface area contributed by atoms with Gasteiger partial charge in [0.25, 0.3) is 11.8 Å². The van der Waals surface area contributed by atoms with E-state index in [1.165, 1.54) is 42.2 Å². The lowest BCUT2D eigenvalue weighted by molar-refractivity contribution is -0.929. The number of benzene rings is 2. The summed E-state index contributed by atoms with van der Waals surface area (Å²) in [4.78, 5) is 60.0. The van der Waals surface area contributed by atoms with E-state index in [0.29, 0.717) is 92.4 Å². The molecule has 3 aliphatic rings. The van der Waals surface area contributed by atoms with Gasteiger partial charge in [-0.1, -0.05) is 17.7 Å². The lowest BCUT2D eigenvalue weighted by Crippen LogP contribution is -2.62. The van der Waals surface area contributed by atoms with Gasteiger partial charge in [-0.15, -0.1) is 0 Å². The van der Waals surface area contributed by atoms with Gasteiger partial charge in [0, 0.05) is 106 Å². The van der Waals surface area contributed by atoms with E-state index in [4.69, 9.17) is 16.3 Å². The van der Waals surface area contributed by atoms with Crippen LogP contribution in [0.4, 0.5) is 14.5 Å². The Morgan fingerprint density at radius 2 is 1.70 bits per heavy atom. The molecule has 18 heteroatoms. The molecule has 4 aromatic rings. The molecule has 0 radical (unpaired) electrons. The quantitative estimate of drug-likeness (QED) is 0.153. The Hall–Kier alpha value is -5.23. The maximum Gasteiger partial charge on any atom is 0.359 e. The number of halogens is 3. The molecule has 3 amide bonds. The minimum Gasteiger partial charge on any atom is -0.477 e. The number of carboxylic acid groups (broad SMARTS) is 1. The highest BCUT2D eigenvalue weighted by atomic mass is 35.5. The molecule has 61 heavy (non-hydrogen) atoms. The zero-order valence-corrected chi connectivity index (χ0v) is 35.7. The number of ether oxygens (including phenoxy) is 1. The van der Waals surface area contributed by atoms with E-state index in [1.54, 1.807) is 35.7 Å². The maximum absolute atomic E-state index is 15.6. The fourth-order valence-corrected chi connectivity index (χ4v) is 9.33. The third-order valence-electron chi connectivity index (χ3n) is 12.8. The summed E-state index contributed by atoms with van der Waals surface area (Å²) in [6.07, 6.45) is 5.31. The number of hydrogen-bond acceptors (Lipinski definition) is 8. The third-order valence-corrected chi connectivity index (χ3v) is 13.1. The molecule has 5 heterocycles. The lowest BCUT2D eigenvalue weighted by atomic mass is 9.90. The number of imidazole rings is 1. The van der Waals surface area contributed by atoms with Crippen LogP contribution in [0, 0.1) is 30.4 Å². The number of carbonyl (C=O) groups excluding carboxylic acids is 3. The highest BCUT2D eigenvalue weighted by Crippen LogP contribution is 2.34. The van der Waals surface area contributed by atoms with Crippen LogP contribution in [-0.2, 0) is 27.9 Å². The molecule has 0 saturated carbocycles. The van der Waals surface area contributed by atoms with E-state index in [0.717, 1.165) is 19.6 Å². The molecule has 0 spiro atoms. The number of rotatable bonds is 14. The van der Waals surface area contributed by atoms with Crippen molar-refractivity contribution in [1.29, 1.82) is 0 Å². The van der Waals surface area contributed by atoms with Crippen LogP contribution < -0.4 is 10.6 Å². The molecule has 2 aromatic carbocycles. The van der Waals surface area contributed by atoms with Gasteiger partial charge in [0.1, 0.15) is 0 Å². The van der Waals surface area contributed by atoms with Gasteiger partial charge in [-0.05, 0) is 44.0 Å². The number of likely N-dealkylation sites (tertiary alicyclic amines) is 2. The predicted molar refractivity (Wildman–Crippen MR) is 224 cm³/mol. The summed E-state index contributed by atoms with van der Waals surface area (Å²) in [5, 5.41) is 20.0. The second-order valence-electron chi connectivity index (χ2n) is 16.6. The summed E-state index contributed by atoms with van der Waals surface area (Å²) >= 11 is 6.61. The number of aliphatic carboxylic acids is 1. The number of carbonyl (C=O) groups is 4. The topological polar surface area (TPSA) is 164 Å². The minimum absolute atomic E-state index is 0.0287. The van der Waals surface area contributed by atoms with Gasteiger partial charge < -0.3 is 39.3 Å². The van der Waals surface area contributed by atoms with Gasteiger partial charge in [0.15, 0.2) is 24.0 Å². The number of anilines is 1. The molecule has 3 fully saturated rings. The number of aromatic nitrogens is 4. The van der Waals surface area contributed by atoms with E-state index < -0.39 is 23.5 Å². The Labute approximate surface area is 358 Å². The van der Waals surface area contributed by atoms with Crippen molar-refractivity contribution >= 4 is 41.0 Å². The number of hydrogen-bond donors (Lipinski definition) is 3. The first-order valence-electron chi connectivity index (χ1n) is 20.7. The smallest absolute Gasteiger partial charge is 0.359 e. The van der Waals surface area contributed by atoms with Crippen LogP contribution in [-0.4, -0.2) is 142 Å². The second-order valence-corrected chi connectivity index (χ2v) is 17.0. The van der Waals surface area contributed by atoms with E-state index in [-0.39, 0.29) is 63.6 Å². The molecular weight excluding hydrogens is 812 g/mol. The number of carboxylic acids is 1. The highest BCUT2D eigenvalue weighted by molar-refractivity contribution is 6.34. The van der Waals surface area contributed by atoms with E-state index in [2.05, 4.69) is 20.7 Å². The molecule has 3 saturated heterocycles. The first-order chi connectivity index (χ1) is 29.2. The Balaban J connectivity index is 0.930. The SMILES string of the molecule is COCCn1ncc(-c2ccc(-c3cnc(C(=O)Nc4ccc(C(=O)N5CCC(N(C)C(=O)C6CC[N+](CC(=O)O)(CC7CNC7)CC6)CC5)c(Cl)c4)n3C)c(F)c2F)c1C. The van der Waals surface area contributed by atoms with Crippen molar-refractivity contribution in [2.45, 2.75) is 45.2 Å². The van der Waals surface area contributed by atoms with Crippen molar-refractivity contribution in [3.05, 3.63) is 76.5 Å². The second kappa shape index (κ2) is 18.4. The van der Waals surface area contributed by atoms with Crippen molar-refractivity contribution < 1.29 is 42.3 Å². The van der Waals surface area contributed by atoms with Crippen molar-refractivity contribution in [1.82, 2.24) is 34.4 Å². The molecule has 0 unspecified atom stereocenters. The molecule has 15 nitrogen and oxygen atoms in total. The van der Waals surface area contributed by atoms with Crippen molar-refractivity contribution in [3.8, 4) is 22.4 Å². The Morgan fingerprint density at radius 1 is 1.02 bits per heavy atom. The van der Waals surface area contributed by atoms with Crippen molar-refractivity contribution in [2.24, 2.45) is 18.9 Å². The number of quaternary nitrogens is 1. The summed E-state index contributed by atoms with van der Waals surface area (Å²) in [7, 11) is 4.92. The average molecular weight is 865 g/mol. The molecule has 0 bridgehead atoms. The third kappa shape index (κ3) is 9.20. The van der Waals surface area contributed by atoms with Gasteiger partial charge in [-0.25, -0.2) is 18.6 Å². The summed E-state index contributed by atoms with van der Waals surface area (Å²) in [6.45, 7) is 7.61. The number of nitrogens with zero attached hydrogens (tertiary/aromatic N) is 7. The van der Waals surface area contributed by atoms with Crippen LogP contribution in [0.25, 0.3) is 22.4 Å². The minimum atomic E-state index is -1.09. The maximum atomic E-state index is 15.6. The largest absolute Gasteiger partial charge is 0.477 e. The molecule has 3 N–H and O–H groups in total. The standard InChI is InChI=1S/C43H52ClF2N9O6/c1-26-34(22-49-54(26)15-18-61-4)31-7-8-33(39(46)38(31)45)36-23-48-40(52(36)3)41(58)50-29-5-6-32(35(44)19-29)43(60)53-13-9-30(10-14-53)51(2)42(59)28-11-16-55(17-12-28,25-37(56)57)24-27-20-47-21-27/h5-8,19,22-23,27-28,30,47H,9-18,20-21,24-25H2,1-4H3,(H-,50,56,57,58,60)/p+1. The molecule has 2 aromatic heterocycles. The fourth-order valence-electron chi connectivity index (χ4n) is 9.07. The predicted octanol–water partition coefficient (Wildman–Crippen LogP) is 4.68. The van der Waals surface area contributed by atoms with Crippen LogP contribution in [0.2, 0.25) is 5.02 Å². The Kier molecular flexibility index (Phi) is 13.2. The zero-order chi connectivity index (χ0) is 43.6. The Morgan fingerprint density at radius 3 is 2.34 bits per heavy atom.